The quantitative estimate of drug-likeness (QED) is 0.472. The highest BCUT2D eigenvalue weighted by Gasteiger charge is 2.26. The number of hydrogen-bond acceptors (Lipinski definition) is 6. The normalized spacial score (nSPS) is 15.3. The molecule has 0 radical (unpaired) electrons. The number of carbonyl (C=O) groups excluding carboxylic acids is 1. The van der Waals surface area contributed by atoms with Gasteiger partial charge in [0.2, 0.25) is 6.10 Å². The molecule has 25 heavy (non-hydrogen) atoms. The second kappa shape index (κ2) is 7.52. The maximum Gasteiger partial charge on any atom is 0.292 e. The van der Waals surface area contributed by atoms with Crippen LogP contribution in [0.4, 0.5) is 11.4 Å². The van der Waals surface area contributed by atoms with E-state index in [1.165, 1.54) is 6.07 Å². The molecule has 0 saturated carbocycles. The lowest BCUT2D eigenvalue weighted by atomic mass is 10.2. The molecule has 8 heteroatoms. The third kappa shape index (κ3) is 3.97. The predicted octanol–water partition coefficient (Wildman–Crippen LogP) is 1.96. The maximum atomic E-state index is 12.1. The molecule has 1 aliphatic heterocycles. The number of benzene rings is 2. The Bertz CT molecular complexity index is 780. The minimum atomic E-state index is -0.721. The Labute approximate surface area is 143 Å². The number of para-hydroxylation sites is 4. The van der Waals surface area contributed by atoms with Gasteiger partial charge in [-0.2, -0.15) is 0 Å². The fraction of sp³-hybridized carbons (Fsp3) is 0.235. The standard InChI is InChI=1S/C17H17N3O5/c21-17(16-11-24-14-7-3-4-8-15(14)25-16)19-10-9-18-12-5-1-2-6-13(12)20(22)23/h1-8,16,18H,9-11H2,(H,19,21)/t16-/m1/s1. The summed E-state index contributed by atoms with van der Waals surface area (Å²) in [5.41, 5.74) is 0.405. The maximum absolute atomic E-state index is 12.1. The molecule has 0 bridgehead atoms. The highest BCUT2D eigenvalue weighted by molar-refractivity contribution is 5.81. The van der Waals surface area contributed by atoms with E-state index in [2.05, 4.69) is 10.6 Å². The van der Waals surface area contributed by atoms with E-state index in [-0.39, 0.29) is 18.2 Å². The van der Waals surface area contributed by atoms with Gasteiger partial charge >= 0.3 is 0 Å². The first kappa shape index (κ1) is 16.6. The molecule has 1 amide bonds. The van der Waals surface area contributed by atoms with Crippen LogP contribution in [0, 0.1) is 10.1 Å². The SMILES string of the molecule is O=C(NCCNc1ccccc1[N+](=O)[O-])[C@H]1COc2ccccc2O1. The summed E-state index contributed by atoms with van der Waals surface area (Å²) in [5, 5.41) is 16.6. The molecule has 1 aliphatic rings. The predicted molar refractivity (Wildman–Crippen MR) is 90.9 cm³/mol. The Morgan fingerprint density at radius 3 is 2.64 bits per heavy atom. The average Bonchev–Trinajstić information content (AvgIpc) is 2.64. The van der Waals surface area contributed by atoms with Crippen molar-refractivity contribution in [1.82, 2.24) is 5.32 Å². The van der Waals surface area contributed by atoms with Gasteiger partial charge < -0.3 is 20.1 Å². The molecule has 0 aromatic heterocycles. The molecule has 1 heterocycles. The van der Waals surface area contributed by atoms with Crippen molar-refractivity contribution in [2.24, 2.45) is 0 Å². The molecule has 2 aromatic carbocycles. The summed E-state index contributed by atoms with van der Waals surface area (Å²) in [4.78, 5) is 22.6. The molecule has 0 spiro atoms. The van der Waals surface area contributed by atoms with Crippen molar-refractivity contribution >= 4 is 17.3 Å². The number of hydrogen-bond donors (Lipinski definition) is 2. The summed E-state index contributed by atoms with van der Waals surface area (Å²) < 4.78 is 11.1. The summed E-state index contributed by atoms with van der Waals surface area (Å²) in [6, 6.07) is 13.5. The van der Waals surface area contributed by atoms with Crippen LogP contribution in [0.1, 0.15) is 0 Å². The summed E-state index contributed by atoms with van der Waals surface area (Å²) in [7, 11) is 0. The van der Waals surface area contributed by atoms with Crippen LogP contribution in [-0.2, 0) is 4.79 Å². The number of anilines is 1. The third-order valence-corrected chi connectivity index (χ3v) is 3.64. The number of rotatable bonds is 6. The van der Waals surface area contributed by atoms with E-state index in [0.29, 0.717) is 30.3 Å². The number of nitrogens with zero attached hydrogens (tertiary/aromatic N) is 1. The summed E-state index contributed by atoms with van der Waals surface area (Å²) in [6.07, 6.45) is -0.721. The van der Waals surface area contributed by atoms with Gasteiger partial charge in [0.15, 0.2) is 11.5 Å². The molecular formula is C17H17N3O5. The Morgan fingerprint density at radius 2 is 1.84 bits per heavy atom. The number of nitro benzene ring substituents is 1. The van der Waals surface area contributed by atoms with Crippen LogP contribution >= 0.6 is 0 Å². The molecule has 0 fully saturated rings. The number of nitro groups is 1. The van der Waals surface area contributed by atoms with Crippen molar-refractivity contribution in [2.45, 2.75) is 6.10 Å². The van der Waals surface area contributed by atoms with Crippen LogP contribution in [-0.4, -0.2) is 36.6 Å². The number of nitrogens with one attached hydrogen (secondary N) is 2. The fourth-order valence-corrected chi connectivity index (χ4v) is 2.43. The molecule has 3 rings (SSSR count). The van der Waals surface area contributed by atoms with Crippen LogP contribution in [0.3, 0.4) is 0 Å². The first-order valence-corrected chi connectivity index (χ1v) is 7.78. The van der Waals surface area contributed by atoms with E-state index in [1.54, 1.807) is 36.4 Å². The zero-order valence-electron chi connectivity index (χ0n) is 13.3. The number of amides is 1. The van der Waals surface area contributed by atoms with Gasteiger partial charge in [0.1, 0.15) is 12.3 Å². The lowest BCUT2D eigenvalue weighted by Crippen LogP contribution is -2.45. The van der Waals surface area contributed by atoms with Crippen molar-refractivity contribution < 1.29 is 19.2 Å². The zero-order valence-corrected chi connectivity index (χ0v) is 13.3. The van der Waals surface area contributed by atoms with Crippen LogP contribution in [0.15, 0.2) is 48.5 Å². The van der Waals surface area contributed by atoms with E-state index in [1.807, 2.05) is 6.07 Å². The topological polar surface area (TPSA) is 103 Å². The van der Waals surface area contributed by atoms with Crippen LogP contribution < -0.4 is 20.1 Å². The second-order valence-electron chi connectivity index (χ2n) is 5.36. The molecule has 8 nitrogen and oxygen atoms in total. The van der Waals surface area contributed by atoms with Crippen molar-refractivity contribution in [2.75, 3.05) is 25.0 Å². The Balaban J connectivity index is 1.47. The highest BCUT2D eigenvalue weighted by atomic mass is 16.6. The Kier molecular flexibility index (Phi) is 4.98. The van der Waals surface area contributed by atoms with Crippen molar-refractivity contribution in [3.63, 3.8) is 0 Å². The molecule has 2 N–H and O–H groups in total. The monoisotopic (exact) mass is 343 g/mol. The molecule has 0 saturated heterocycles. The number of fused-ring (bicyclic) bond motifs is 1. The fourth-order valence-electron chi connectivity index (χ4n) is 2.43. The molecule has 130 valence electrons. The minimum absolute atomic E-state index is 0.00514. The van der Waals surface area contributed by atoms with E-state index >= 15 is 0 Å². The van der Waals surface area contributed by atoms with Crippen LogP contribution in [0.2, 0.25) is 0 Å². The van der Waals surface area contributed by atoms with Gasteiger partial charge in [-0.1, -0.05) is 24.3 Å². The van der Waals surface area contributed by atoms with Crippen molar-refractivity contribution in [3.05, 3.63) is 58.6 Å². The van der Waals surface area contributed by atoms with E-state index in [0.717, 1.165) is 0 Å². The Hall–Kier alpha value is -3.29. The smallest absolute Gasteiger partial charge is 0.292 e. The lowest BCUT2D eigenvalue weighted by molar-refractivity contribution is -0.384. The first-order chi connectivity index (χ1) is 12.1. The molecule has 0 unspecified atom stereocenters. The van der Waals surface area contributed by atoms with Crippen molar-refractivity contribution in [3.8, 4) is 11.5 Å². The van der Waals surface area contributed by atoms with E-state index in [4.69, 9.17) is 9.47 Å². The average molecular weight is 343 g/mol. The van der Waals surface area contributed by atoms with Gasteiger partial charge in [0.25, 0.3) is 11.6 Å². The summed E-state index contributed by atoms with van der Waals surface area (Å²) in [6.45, 7) is 0.785. The summed E-state index contributed by atoms with van der Waals surface area (Å²) in [5.74, 6) is 0.857. The third-order valence-electron chi connectivity index (χ3n) is 3.64. The van der Waals surface area contributed by atoms with Gasteiger partial charge in [-0.3, -0.25) is 14.9 Å². The molecule has 0 aliphatic carbocycles. The van der Waals surface area contributed by atoms with Gasteiger partial charge in [-0.15, -0.1) is 0 Å². The second-order valence-corrected chi connectivity index (χ2v) is 5.36. The largest absolute Gasteiger partial charge is 0.485 e. The first-order valence-electron chi connectivity index (χ1n) is 7.78. The highest BCUT2D eigenvalue weighted by Crippen LogP contribution is 2.30. The van der Waals surface area contributed by atoms with Gasteiger partial charge in [-0.05, 0) is 18.2 Å². The van der Waals surface area contributed by atoms with Crippen LogP contribution in [0.5, 0.6) is 11.5 Å². The van der Waals surface area contributed by atoms with E-state index < -0.39 is 11.0 Å². The van der Waals surface area contributed by atoms with Gasteiger partial charge in [0.05, 0.1) is 4.92 Å². The number of ether oxygens (including phenoxy) is 2. The Morgan fingerprint density at radius 1 is 1.12 bits per heavy atom. The molecule has 2 aromatic rings. The van der Waals surface area contributed by atoms with Gasteiger partial charge in [-0.25, -0.2) is 0 Å². The molecular weight excluding hydrogens is 326 g/mol. The van der Waals surface area contributed by atoms with Crippen LogP contribution in [0.25, 0.3) is 0 Å². The zero-order chi connectivity index (χ0) is 17.6. The van der Waals surface area contributed by atoms with E-state index in [9.17, 15) is 14.9 Å². The minimum Gasteiger partial charge on any atom is -0.485 e. The van der Waals surface area contributed by atoms with Crippen molar-refractivity contribution in [1.29, 1.82) is 0 Å². The lowest BCUT2D eigenvalue weighted by Gasteiger charge is -2.25. The number of carbonyl (C=O) groups is 1. The summed E-state index contributed by atoms with van der Waals surface area (Å²) >= 11 is 0. The van der Waals surface area contributed by atoms with Gasteiger partial charge in [0, 0.05) is 19.2 Å². The molecule has 1 atom stereocenters.